The minimum Gasteiger partial charge on any atom is -0.481 e. The molecule has 1 aliphatic rings. The van der Waals surface area contributed by atoms with Crippen LogP contribution in [-0.4, -0.2) is 22.1 Å². The lowest BCUT2D eigenvalue weighted by Gasteiger charge is -2.16. The molecule has 1 aromatic carbocycles. The zero-order chi connectivity index (χ0) is 14.1. The molecule has 0 atom stereocenters. The maximum Gasteiger partial charge on any atom is 0.309 e. The summed E-state index contributed by atoms with van der Waals surface area (Å²) in [5.74, 6) is -0.396. The summed E-state index contributed by atoms with van der Waals surface area (Å²) in [7, 11) is 0. The normalized spacial score (nSPS) is 13.7. The number of carbonyl (C=O) groups is 2. The van der Waals surface area contributed by atoms with E-state index in [1.165, 1.54) is 0 Å². The van der Waals surface area contributed by atoms with Crippen LogP contribution in [0.15, 0.2) is 28.8 Å². The number of aromatic nitrogens is 1. The number of hydrogen-bond donors (Lipinski definition) is 2. The highest BCUT2D eigenvalue weighted by atomic mass is 16.5. The van der Waals surface area contributed by atoms with E-state index in [1.54, 1.807) is 6.07 Å². The van der Waals surface area contributed by atoms with E-state index in [1.807, 2.05) is 18.2 Å². The molecular weight excluding hydrogens is 260 g/mol. The van der Waals surface area contributed by atoms with Crippen molar-refractivity contribution in [1.82, 2.24) is 5.16 Å². The van der Waals surface area contributed by atoms with Gasteiger partial charge in [0.2, 0.25) is 5.91 Å². The number of fused-ring (bicyclic) bond motifs is 1. The molecule has 0 aliphatic carbocycles. The van der Waals surface area contributed by atoms with Gasteiger partial charge in [0.05, 0.1) is 12.1 Å². The minimum absolute atomic E-state index is 0.0219. The van der Waals surface area contributed by atoms with Crippen molar-refractivity contribution < 1.29 is 19.2 Å². The van der Waals surface area contributed by atoms with Crippen molar-refractivity contribution in [2.45, 2.75) is 19.3 Å². The second-order valence-corrected chi connectivity index (χ2v) is 4.67. The third kappa shape index (κ3) is 2.40. The average molecular weight is 272 g/mol. The number of aryl methyl sites for hydroxylation is 1. The summed E-state index contributed by atoms with van der Waals surface area (Å²) in [6.07, 6.45) is 0.993. The molecule has 0 spiro atoms. The molecule has 1 amide bonds. The van der Waals surface area contributed by atoms with Crippen LogP contribution in [0.3, 0.4) is 0 Å². The fourth-order valence-electron chi connectivity index (χ4n) is 2.22. The molecule has 0 fully saturated rings. The van der Waals surface area contributed by atoms with Crippen LogP contribution in [0.2, 0.25) is 0 Å². The van der Waals surface area contributed by atoms with E-state index >= 15 is 0 Å². The quantitative estimate of drug-likeness (QED) is 0.889. The van der Waals surface area contributed by atoms with Crippen molar-refractivity contribution in [1.29, 1.82) is 0 Å². The molecule has 102 valence electrons. The van der Waals surface area contributed by atoms with Crippen LogP contribution in [0, 0.1) is 0 Å². The first-order valence-electron chi connectivity index (χ1n) is 6.22. The number of anilines is 1. The molecule has 1 aliphatic heterocycles. The average Bonchev–Trinajstić information content (AvgIpc) is 2.85. The molecule has 0 saturated heterocycles. The van der Waals surface area contributed by atoms with Gasteiger partial charge in [0, 0.05) is 23.7 Å². The SMILES string of the molecule is O=C(O)Cc1cc(-c2ccc3c(c2)CCC(=O)N3)on1. The fourth-order valence-corrected chi connectivity index (χ4v) is 2.22. The number of carboxylic acid groups (broad SMARTS) is 1. The highest BCUT2D eigenvalue weighted by Crippen LogP contribution is 2.29. The van der Waals surface area contributed by atoms with Crippen LogP contribution in [-0.2, 0) is 22.4 Å². The van der Waals surface area contributed by atoms with Gasteiger partial charge in [0.15, 0.2) is 5.76 Å². The topological polar surface area (TPSA) is 92.4 Å². The molecule has 3 rings (SSSR count). The lowest BCUT2D eigenvalue weighted by atomic mass is 9.99. The first kappa shape index (κ1) is 12.4. The number of rotatable bonds is 3. The van der Waals surface area contributed by atoms with Gasteiger partial charge in [0.1, 0.15) is 0 Å². The lowest BCUT2D eigenvalue weighted by molar-refractivity contribution is -0.136. The Hall–Kier alpha value is -2.63. The molecule has 2 N–H and O–H groups in total. The van der Waals surface area contributed by atoms with Crippen molar-refractivity contribution in [3.8, 4) is 11.3 Å². The maximum absolute atomic E-state index is 11.3. The van der Waals surface area contributed by atoms with Crippen LogP contribution in [0.4, 0.5) is 5.69 Å². The van der Waals surface area contributed by atoms with E-state index in [9.17, 15) is 9.59 Å². The summed E-state index contributed by atoms with van der Waals surface area (Å²) in [6, 6.07) is 7.19. The first-order chi connectivity index (χ1) is 9.61. The Balaban J connectivity index is 1.89. The number of amides is 1. The van der Waals surface area contributed by atoms with Crippen molar-refractivity contribution >= 4 is 17.6 Å². The Kier molecular flexibility index (Phi) is 2.98. The number of benzene rings is 1. The Bertz CT molecular complexity index is 690. The molecule has 0 unspecified atom stereocenters. The molecule has 2 aromatic rings. The molecule has 6 nitrogen and oxygen atoms in total. The largest absolute Gasteiger partial charge is 0.481 e. The molecule has 0 saturated carbocycles. The third-order valence-electron chi connectivity index (χ3n) is 3.18. The van der Waals surface area contributed by atoms with Crippen molar-refractivity contribution in [3.63, 3.8) is 0 Å². The lowest BCUT2D eigenvalue weighted by Crippen LogP contribution is -2.18. The van der Waals surface area contributed by atoms with Crippen molar-refractivity contribution in [3.05, 3.63) is 35.5 Å². The number of nitrogens with one attached hydrogen (secondary N) is 1. The number of hydrogen-bond acceptors (Lipinski definition) is 4. The van der Waals surface area contributed by atoms with Crippen LogP contribution in [0.1, 0.15) is 17.7 Å². The zero-order valence-electron chi connectivity index (χ0n) is 10.5. The number of nitrogens with zero attached hydrogens (tertiary/aromatic N) is 1. The maximum atomic E-state index is 11.3. The Morgan fingerprint density at radius 1 is 1.35 bits per heavy atom. The van der Waals surface area contributed by atoms with Gasteiger partial charge in [-0.2, -0.15) is 0 Å². The predicted octanol–water partition coefficient (Wildman–Crippen LogP) is 1.85. The summed E-state index contributed by atoms with van der Waals surface area (Å²) >= 11 is 0. The molecule has 1 aromatic heterocycles. The van der Waals surface area contributed by atoms with Gasteiger partial charge in [-0.1, -0.05) is 5.16 Å². The van der Waals surface area contributed by atoms with Crippen LogP contribution < -0.4 is 5.32 Å². The van der Waals surface area contributed by atoms with Gasteiger partial charge in [-0.3, -0.25) is 9.59 Å². The van der Waals surface area contributed by atoms with Gasteiger partial charge in [-0.15, -0.1) is 0 Å². The minimum atomic E-state index is -0.946. The third-order valence-corrected chi connectivity index (χ3v) is 3.18. The van der Waals surface area contributed by atoms with E-state index < -0.39 is 5.97 Å². The molecular formula is C14H12N2O4. The summed E-state index contributed by atoms with van der Waals surface area (Å²) in [6.45, 7) is 0. The molecule has 0 bridgehead atoms. The second-order valence-electron chi connectivity index (χ2n) is 4.67. The van der Waals surface area contributed by atoms with Gasteiger partial charge >= 0.3 is 5.97 Å². The number of carbonyl (C=O) groups excluding carboxylic acids is 1. The van der Waals surface area contributed by atoms with E-state index in [4.69, 9.17) is 9.63 Å². The summed E-state index contributed by atoms with van der Waals surface area (Å²) in [4.78, 5) is 21.9. The van der Waals surface area contributed by atoms with E-state index in [-0.39, 0.29) is 12.3 Å². The van der Waals surface area contributed by atoms with Gasteiger partial charge < -0.3 is 14.9 Å². The summed E-state index contributed by atoms with van der Waals surface area (Å²) in [5, 5.41) is 15.2. The summed E-state index contributed by atoms with van der Waals surface area (Å²) < 4.78 is 5.16. The first-order valence-corrected chi connectivity index (χ1v) is 6.22. The number of aliphatic carboxylic acids is 1. The smallest absolute Gasteiger partial charge is 0.309 e. The van der Waals surface area contributed by atoms with Gasteiger partial charge in [-0.05, 0) is 30.2 Å². The molecule has 20 heavy (non-hydrogen) atoms. The van der Waals surface area contributed by atoms with E-state index in [0.29, 0.717) is 24.3 Å². The van der Waals surface area contributed by atoms with Crippen LogP contribution >= 0.6 is 0 Å². The monoisotopic (exact) mass is 272 g/mol. The molecule has 6 heteroatoms. The van der Waals surface area contributed by atoms with Gasteiger partial charge in [0.25, 0.3) is 0 Å². The Labute approximate surface area is 114 Å². The fraction of sp³-hybridized carbons (Fsp3) is 0.214. The highest BCUT2D eigenvalue weighted by molar-refractivity contribution is 5.94. The zero-order valence-corrected chi connectivity index (χ0v) is 10.5. The van der Waals surface area contributed by atoms with Crippen molar-refractivity contribution in [2.75, 3.05) is 5.32 Å². The standard InChI is InChI=1S/C14H12N2O4/c17-13-4-2-8-5-9(1-3-11(8)15-13)12-6-10(16-20-12)7-14(18)19/h1,3,5-6H,2,4,7H2,(H,15,17)(H,18,19). The highest BCUT2D eigenvalue weighted by Gasteiger charge is 2.16. The molecule has 2 heterocycles. The predicted molar refractivity (Wildman–Crippen MR) is 70.2 cm³/mol. The molecule has 0 radical (unpaired) electrons. The van der Waals surface area contributed by atoms with Gasteiger partial charge in [-0.25, -0.2) is 0 Å². The van der Waals surface area contributed by atoms with Crippen LogP contribution in [0.5, 0.6) is 0 Å². The van der Waals surface area contributed by atoms with Crippen molar-refractivity contribution in [2.24, 2.45) is 0 Å². The Morgan fingerprint density at radius 3 is 3.00 bits per heavy atom. The summed E-state index contributed by atoms with van der Waals surface area (Å²) in [5.41, 5.74) is 3.07. The van der Waals surface area contributed by atoms with Crippen LogP contribution in [0.25, 0.3) is 11.3 Å². The second kappa shape index (κ2) is 4.80. The number of carboxylic acids is 1. The Morgan fingerprint density at radius 2 is 2.20 bits per heavy atom. The van der Waals surface area contributed by atoms with E-state index in [2.05, 4.69) is 10.5 Å². The van der Waals surface area contributed by atoms with E-state index in [0.717, 1.165) is 16.8 Å².